The molecule has 2 nitrogen and oxygen atoms in total. The number of rotatable bonds is 3. The Hall–Kier alpha value is -0.920. The quantitative estimate of drug-likeness (QED) is 0.782. The van der Waals surface area contributed by atoms with Crippen LogP contribution in [0.2, 0.25) is 0 Å². The van der Waals surface area contributed by atoms with Gasteiger partial charge < -0.3 is 0 Å². The van der Waals surface area contributed by atoms with Gasteiger partial charge in [-0.25, -0.2) is 9.97 Å². The zero-order chi connectivity index (χ0) is 12.4. The van der Waals surface area contributed by atoms with E-state index in [0.717, 1.165) is 17.7 Å². The molecule has 0 amide bonds. The van der Waals surface area contributed by atoms with Gasteiger partial charge in [0.1, 0.15) is 5.82 Å². The molecule has 0 bridgehead atoms. The van der Waals surface area contributed by atoms with Gasteiger partial charge in [-0.3, -0.25) is 0 Å². The minimum absolute atomic E-state index is 0.499. The average Bonchev–Trinajstić information content (AvgIpc) is 2.78. The van der Waals surface area contributed by atoms with Gasteiger partial charge in [0, 0.05) is 17.8 Å². The molecule has 17 heavy (non-hydrogen) atoms. The van der Waals surface area contributed by atoms with Crippen LogP contribution in [0.25, 0.3) is 0 Å². The van der Waals surface area contributed by atoms with Crippen LogP contribution in [0.1, 0.15) is 70.3 Å². The van der Waals surface area contributed by atoms with Crippen LogP contribution in [0.5, 0.6) is 0 Å². The largest absolute Gasteiger partial charge is 0.241 e. The maximum Gasteiger partial charge on any atom is 0.131 e. The smallest absolute Gasteiger partial charge is 0.131 e. The molecule has 1 aromatic heterocycles. The molecule has 0 N–H and O–H groups in total. The van der Waals surface area contributed by atoms with E-state index in [4.69, 9.17) is 4.98 Å². The Balaban J connectivity index is 2.11. The van der Waals surface area contributed by atoms with Crippen molar-refractivity contribution in [1.82, 2.24) is 9.97 Å². The molecular formula is C15H24N2. The first-order valence-corrected chi connectivity index (χ1v) is 6.90. The number of aromatic nitrogens is 2. The molecule has 0 radical (unpaired) electrons. The lowest BCUT2D eigenvalue weighted by Crippen LogP contribution is -2.07. The van der Waals surface area contributed by atoms with Crippen LogP contribution in [-0.4, -0.2) is 9.97 Å². The summed E-state index contributed by atoms with van der Waals surface area (Å²) in [7, 11) is 0. The van der Waals surface area contributed by atoms with Crippen LogP contribution in [-0.2, 0) is 0 Å². The molecule has 2 rings (SSSR count). The third kappa shape index (κ3) is 2.85. The maximum atomic E-state index is 4.74. The second-order valence-electron chi connectivity index (χ2n) is 6.01. The summed E-state index contributed by atoms with van der Waals surface area (Å²) in [6.45, 7) is 9.05. The third-order valence-electron chi connectivity index (χ3n) is 4.07. The van der Waals surface area contributed by atoms with Crippen molar-refractivity contribution in [3.63, 3.8) is 0 Å². The molecular weight excluding hydrogens is 208 g/mol. The van der Waals surface area contributed by atoms with Gasteiger partial charge in [0.05, 0.1) is 0 Å². The maximum absolute atomic E-state index is 4.74. The number of hydrogen-bond acceptors (Lipinski definition) is 2. The van der Waals surface area contributed by atoms with E-state index in [2.05, 4.69) is 32.7 Å². The molecule has 2 heteroatoms. The summed E-state index contributed by atoms with van der Waals surface area (Å²) in [5, 5.41) is 0. The Labute approximate surface area is 105 Å². The van der Waals surface area contributed by atoms with Gasteiger partial charge >= 0.3 is 0 Å². The van der Waals surface area contributed by atoms with Gasteiger partial charge in [0.25, 0.3) is 0 Å². The van der Waals surface area contributed by atoms with Crippen molar-refractivity contribution in [1.29, 1.82) is 0 Å². The number of hydrogen-bond donors (Lipinski definition) is 0. The van der Waals surface area contributed by atoms with Crippen molar-refractivity contribution < 1.29 is 0 Å². The highest BCUT2D eigenvalue weighted by atomic mass is 14.9. The van der Waals surface area contributed by atoms with Crippen LogP contribution < -0.4 is 0 Å². The molecule has 2 unspecified atom stereocenters. The monoisotopic (exact) mass is 232 g/mol. The standard InChI is InChI=1S/C15H24N2/c1-10(2)12-5-6-13(9-12)15-16-8-7-14(17-15)11(3)4/h7-8,10-13H,5-6,9H2,1-4H3. The van der Waals surface area contributed by atoms with E-state index in [-0.39, 0.29) is 0 Å². The lowest BCUT2D eigenvalue weighted by molar-refractivity contribution is 0.390. The molecule has 1 aromatic rings. The molecule has 1 heterocycles. The minimum atomic E-state index is 0.499. The molecule has 1 aliphatic carbocycles. The predicted molar refractivity (Wildman–Crippen MR) is 71.0 cm³/mol. The van der Waals surface area contributed by atoms with Crippen molar-refractivity contribution in [2.45, 2.75) is 58.8 Å². The minimum Gasteiger partial charge on any atom is -0.241 e. The topological polar surface area (TPSA) is 25.8 Å². The Bertz CT molecular complexity index is 371. The molecule has 0 aromatic carbocycles. The van der Waals surface area contributed by atoms with Crippen molar-refractivity contribution in [2.24, 2.45) is 11.8 Å². The van der Waals surface area contributed by atoms with E-state index < -0.39 is 0 Å². The highest BCUT2D eigenvalue weighted by molar-refractivity contribution is 5.10. The van der Waals surface area contributed by atoms with Gasteiger partial charge in [-0.15, -0.1) is 0 Å². The van der Waals surface area contributed by atoms with Gasteiger partial charge in [-0.05, 0) is 43.1 Å². The Morgan fingerprint density at radius 3 is 2.53 bits per heavy atom. The summed E-state index contributed by atoms with van der Waals surface area (Å²) in [5.41, 5.74) is 1.18. The Morgan fingerprint density at radius 2 is 1.94 bits per heavy atom. The summed E-state index contributed by atoms with van der Waals surface area (Å²) in [6, 6.07) is 2.04. The second kappa shape index (κ2) is 5.16. The van der Waals surface area contributed by atoms with Crippen molar-refractivity contribution >= 4 is 0 Å². The summed E-state index contributed by atoms with van der Waals surface area (Å²) >= 11 is 0. The first-order valence-electron chi connectivity index (χ1n) is 6.90. The van der Waals surface area contributed by atoms with Gasteiger partial charge in [-0.1, -0.05) is 27.7 Å². The fourth-order valence-corrected chi connectivity index (χ4v) is 2.76. The molecule has 0 saturated heterocycles. The van der Waals surface area contributed by atoms with E-state index in [1.165, 1.54) is 25.0 Å². The lowest BCUT2D eigenvalue weighted by Gasteiger charge is -2.14. The molecule has 0 spiro atoms. The third-order valence-corrected chi connectivity index (χ3v) is 4.07. The van der Waals surface area contributed by atoms with Crippen molar-refractivity contribution in [3.05, 3.63) is 23.8 Å². The van der Waals surface area contributed by atoms with E-state index in [0.29, 0.717) is 11.8 Å². The summed E-state index contributed by atoms with van der Waals surface area (Å²) in [5.74, 6) is 3.85. The van der Waals surface area contributed by atoms with Crippen LogP contribution in [0.15, 0.2) is 12.3 Å². The SMILES string of the molecule is CC(C)c1ccnc(C2CCC(C(C)C)C2)n1. The molecule has 94 valence electrons. The zero-order valence-corrected chi connectivity index (χ0v) is 11.5. The van der Waals surface area contributed by atoms with E-state index >= 15 is 0 Å². The van der Waals surface area contributed by atoms with E-state index in [1.54, 1.807) is 0 Å². The van der Waals surface area contributed by atoms with Gasteiger partial charge in [-0.2, -0.15) is 0 Å². The van der Waals surface area contributed by atoms with E-state index in [9.17, 15) is 0 Å². The van der Waals surface area contributed by atoms with Crippen LogP contribution in [0.4, 0.5) is 0 Å². The fraction of sp³-hybridized carbons (Fsp3) is 0.733. The second-order valence-corrected chi connectivity index (χ2v) is 6.01. The Morgan fingerprint density at radius 1 is 1.18 bits per heavy atom. The number of nitrogens with zero attached hydrogens (tertiary/aromatic N) is 2. The lowest BCUT2D eigenvalue weighted by atomic mass is 9.93. The van der Waals surface area contributed by atoms with Crippen LogP contribution in [0.3, 0.4) is 0 Å². The normalized spacial score (nSPS) is 24.8. The highest BCUT2D eigenvalue weighted by Gasteiger charge is 2.29. The van der Waals surface area contributed by atoms with Gasteiger partial charge in [0.15, 0.2) is 0 Å². The molecule has 1 fully saturated rings. The first kappa shape index (κ1) is 12.5. The first-order chi connectivity index (χ1) is 8.08. The molecule has 0 aliphatic heterocycles. The molecule has 1 aliphatic rings. The van der Waals surface area contributed by atoms with Crippen molar-refractivity contribution in [2.75, 3.05) is 0 Å². The summed E-state index contributed by atoms with van der Waals surface area (Å²) in [4.78, 5) is 9.22. The van der Waals surface area contributed by atoms with Gasteiger partial charge in [0.2, 0.25) is 0 Å². The fourth-order valence-electron chi connectivity index (χ4n) is 2.76. The predicted octanol–water partition coefficient (Wildman–Crippen LogP) is 4.14. The van der Waals surface area contributed by atoms with Crippen LogP contribution >= 0.6 is 0 Å². The summed E-state index contributed by atoms with van der Waals surface area (Å²) in [6.07, 6.45) is 5.82. The zero-order valence-electron chi connectivity index (χ0n) is 11.5. The summed E-state index contributed by atoms with van der Waals surface area (Å²) < 4.78 is 0. The Kier molecular flexibility index (Phi) is 3.80. The molecule has 2 atom stereocenters. The van der Waals surface area contributed by atoms with E-state index in [1.807, 2.05) is 12.3 Å². The average molecular weight is 232 g/mol. The van der Waals surface area contributed by atoms with Crippen LogP contribution in [0, 0.1) is 11.8 Å². The highest BCUT2D eigenvalue weighted by Crippen LogP contribution is 2.40. The van der Waals surface area contributed by atoms with Crippen molar-refractivity contribution in [3.8, 4) is 0 Å². The molecule has 1 saturated carbocycles.